The van der Waals surface area contributed by atoms with Crippen LogP contribution in [0.1, 0.15) is 56.5 Å². The number of methoxy groups -OCH3 is 2. The van der Waals surface area contributed by atoms with Gasteiger partial charge in [-0.05, 0) is 43.2 Å². The van der Waals surface area contributed by atoms with E-state index in [0.717, 1.165) is 14.5 Å². The lowest BCUT2D eigenvalue weighted by Crippen LogP contribution is -2.16. The monoisotopic (exact) mass is 638 g/mol. The number of aromatic nitrogens is 4. The Bertz CT molecular complexity index is 1590. The molecule has 2 aromatic heterocycles. The van der Waals surface area contributed by atoms with E-state index in [4.69, 9.17) is 25.8 Å². The minimum Gasteiger partial charge on any atom is -0.493 e. The number of hydrogen-bond acceptors (Lipinski definition) is 9. The van der Waals surface area contributed by atoms with Gasteiger partial charge in [0.25, 0.3) is 0 Å². The Balaban J connectivity index is 1.59. The van der Waals surface area contributed by atoms with Crippen LogP contribution in [0.25, 0.3) is 5.69 Å². The number of carbonyl (C=O) groups excluding carboxylic acids is 1. The van der Waals surface area contributed by atoms with Crippen LogP contribution in [-0.4, -0.2) is 46.5 Å². The normalized spacial score (nSPS) is 16.4. The Labute approximate surface area is 253 Å². The van der Waals surface area contributed by atoms with Crippen LogP contribution in [0.3, 0.4) is 0 Å². The molecule has 0 aliphatic carbocycles. The quantitative estimate of drug-likeness (QED) is 0.181. The lowest BCUT2D eigenvalue weighted by molar-refractivity contribution is -0.146. The summed E-state index contributed by atoms with van der Waals surface area (Å²) in [4.78, 5) is 17.1. The molecule has 42 heavy (non-hydrogen) atoms. The Morgan fingerprint density at radius 2 is 1.93 bits per heavy atom. The topological polar surface area (TPSA) is 88.4 Å². The van der Waals surface area contributed by atoms with E-state index in [-0.39, 0.29) is 30.5 Å². The van der Waals surface area contributed by atoms with Crippen LogP contribution in [0.4, 0.5) is 13.2 Å². The first-order valence-electron chi connectivity index (χ1n) is 12.9. The number of thiazole rings is 1. The van der Waals surface area contributed by atoms with Crippen molar-refractivity contribution in [2.45, 2.75) is 42.9 Å². The Hall–Kier alpha value is -3.29. The molecule has 4 aromatic rings. The van der Waals surface area contributed by atoms with E-state index in [1.54, 1.807) is 37.4 Å². The van der Waals surface area contributed by atoms with E-state index in [2.05, 4.69) is 15.2 Å². The number of ether oxygens (including phenoxy) is 3. The minimum absolute atomic E-state index is 0.112. The first-order chi connectivity index (χ1) is 20.1. The molecule has 5 rings (SSSR count). The smallest absolute Gasteiger partial charge is 0.452 e. The molecular weight excluding hydrogens is 613 g/mol. The summed E-state index contributed by atoms with van der Waals surface area (Å²) in [5, 5.41) is 7.76. The summed E-state index contributed by atoms with van der Waals surface area (Å²) in [5.74, 6) is -0.322. The number of fused-ring (bicyclic) bond motifs is 3. The maximum absolute atomic E-state index is 14.3. The predicted octanol–water partition coefficient (Wildman–Crippen LogP) is 7.03. The van der Waals surface area contributed by atoms with Crippen LogP contribution in [0.5, 0.6) is 11.5 Å². The van der Waals surface area contributed by atoms with Gasteiger partial charge in [-0.2, -0.15) is 13.2 Å². The highest BCUT2D eigenvalue weighted by molar-refractivity contribution is 8.00. The zero-order valence-electron chi connectivity index (χ0n) is 22.8. The number of nitrogens with zero attached hydrogens (tertiary/aromatic N) is 4. The Morgan fingerprint density at radius 1 is 1.12 bits per heavy atom. The van der Waals surface area contributed by atoms with Crippen LogP contribution in [-0.2, 0) is 28.5 Å². The zero-order valence-corrected chi connectivity index (χ0v) is 25.2. The van der Waals surface area contributed by atoms with E-state index in [1.807, 2.05) is 12.1 Å². The lowest BCUT2D eigenvalue weighted by Gasteiger charge is -2.24. The largest absolute Gasteiger partial charge is 0.493 e. The second-order valence-corrected chi connectivity index (χ2v) is 12.2. The van der Waals surface area contributed by atoms with Gasteiger partial charge in [0.2, 0.25) is 5.82 Å². The van der Waals surface area contributed by atoms with Gasteiger partial charge in [-0.25, -0.2) is 4.98 Å². The second kappa shape index (κ2) is 12.5. The van der Waals surface area contributed by atoms with Crippen molar-refractivity contribution in [3.8, 4) is 17.2 Å². The van der Waals surface area contributed by atoms with Gasteiger partial charge < -0.3 is 14.2 Å². The van der Waals surface area contributed by atoms with Crippen molar-refractivity contribution < 1.29 is 32.2 Å². The van der Waals surface area contributed by atoms with Crippen molar-refractivity contribution >= 4 is 40.7 Å². The van der Waals surface area contributed by atoms with E-state index >= 15 is 0 Å². The maximum Gasteiger partial charge on any atom is 0.452 e. The van der Waals surface area contributed by atoms with Crippen LogP contribution in [0.2, 0.25) is 5.02 Å². The number of benzene rings is 2. The van der Waals surface area contributed by atoms with Crippen LogP contribution in [0, 0.1) is 0 Å². The van der Waals surface area contributed by atoms with Gasteiger partial charge in [0.15, 0.2) is 17.3 Å². The molecule has 8 nitrogen and oxygen atoms in total. The van der Waals surface area contributed by atoms with Crippen LogP contribution in [0.15, 0.2) is 42.6 Å². The average Bonchev–Trinajstić information content (AvgIpc) is 3.57. The molecule has 3 heterocycles. The van der Waals surface area contributed by atoms with Gasteiger partial charge >= 0.3 is 12.1 Å². The number of para-hydroxylation sites is 1. The highest BCUT2D eigenvalue weighted by atomic mass is 35.5. The molecule has 0 radical (unpaired) electrons. The third kappa shape index (κ3) is 6.09. The van der Waals surface area contributed by atoms with E-state index < -0.39 is 22.5 Å². The SMILES string of the molecule is CCOC(=O)Cc1cnc(CC[C@H]2S[C@H](c3cccc(OC)c3OC)c3cc(Cl)ccc3-n3c2nnc3C(F)(F)F)s1. The fourth-order valence-corrected chi connectivity index (χ4v) is 7.50. The second-order valence-electron chi connectivity index (χ2n) is 9.25. The molecular formula is C28H26ClF3N4O4S2. The standard InChI is InChI=1S/C28H26ClF3N4O4S2/c1-4-40-23(37)13-16-14-33-22(41-16)11-10-21-26-34-35-27(28(30,31)32)36(26)19-9-8-15(29)12-18(19)25(42-21)17-6-5-7-20(38-2)24(17)39-3/h5-9,12,14,21,25H,4,10-11,13H2,1-3H3/t21-,25-/m1/s1. The molecule has 0 saturated heterocycles. The van der Waals surface area contributed by atoms with Crippen molar-refractivity contribution in [1.29, 1.82) is 0 Å². The predicted molar refractivity (Wildman–Crippen MR) is 154 cm³/mol. The fourth-order valence-electron chi connectivity index (χ4n) is 4.87. The van der Waals surface area contributed by atoms with Gasteiger partial charge in [-0.3, -0.25) is 9.36 Å². The number of aryl methyl sites for hydroxylation is 1. The number of alkyl halides is 3. The molecule has 0 spiro atoms. The third-order valence-corrected chi connectivity index (χ3v) is 9.45. The van der Waals surface area contributed by atoms with E-state index in [1.165, 1.54) is 37.3 Å². The summed E-state index contributed by atoms with van der Waals surface area (Å²) in [7, 11) is 3.04. The van der Waals surface area contributed by atoms with Gasteiger partial charge in [0.1, 0.15) is 0 Å². The lowest BCUT2D eigenvalue weighted by atomic mass is 10.0. The number of halogens is 4. The van der Waals surface area contributed by atoms with E-state index in [0.29, 0.717) is 40.5 Å². The van der Waals surface area contributed by atoms with Crippen molar-refractivity contribution in [3.05, 3.63) is 80.3 Å². The first-order valence-corrected chi connectivity index (χ1v) is 15.1. The molecule has 1 aliphatic rings. The molecule has 0 N–H and O–H groups in total. The highest BCUT2D eigenvalue weighted by Gasteiger charge is 2.43. The number of rotatable bonds is 9. The average molecular weight is 639 g/mol. The van der Waals surface area contributed by atoms with Crippen molar-refractivity contribution in [2.24, 2.45) is 0 Å². The molecule has 0 saturated carbocycles. The van der Waals surface area contributed by atoms with Crippen molar-refractivity contribution in [2.75, 3.05) is 20.8 Å². The number of thioether (sulfide) groups is 1. The number of carbonyl (C=O) groups is 1. The van der Waals surface area contributed by atoms with Crippen LogP contribution < -0.4 is 9.47 Å². The Morgan fingerprint density at radius 3 is 2.64 bits per heavy atom. The molecule has 1 aliphatic heterocycles. The van der Waals surface area contributed by atoms with Crippen LogP contribution >= 0.6 is 34.7 Å². The van der Waals surface area contributed by atoms with Gasteiger partial charge in [0.05, 0.1) is 48.4 Å². The van der Waals surface area contributed by atoms with Gasteiger partial charge in [0, 0.05) is 28.1 Å². The molecule has 2 aromatic carbocycles. The van der Waals surface area contributed by atoms with E-state index in [9.17, 15) is 18.0 Å². The summed E-state index contributed by atoms with van der Waals surface area (Å²) in [6.07, 6.45) is -2.16. The summed E-state index contributed by atoms with van der Waals surface area (Å²) in [6.45, 7) is 2.03. The maximum atomic E-state index is 14.3. The highest BCUT2D eigenvalue weighted by Crippen LogP contribution is 2.54. The molecule has 0 unspecified atom stereocenters. The summed E-state index contributed by atoms with van der Waals surface area (Å²) in [5.41, 5.74) is 1.55. The molecule has 14 heteroatoms. The molecule has 222 valence electrons. The van der Waals surface area contributed by atoms with Crippen molar-refractivity contribution in [1.82, 2.24) is 19.7 Å². The molecule has 2 atom stereocenters. The minimum atomic E-state index is -4.75. The number of esters is 1. The summed E-state index contributed by atoms with van der Waals surface area (Å²) in [6, 6.07) is 10.2. The summed E-state index contributed by atoms with van der Waals surface area (Å²) >= 11 is 9.22. The first kappa shape index (κ1) is 30.2. The number of hydrogen-bond donors (Lipinski definition) is 0. The molecule has 0 bridgehead atoms. The summed E-state index contributed by atoms with van der Waals surface area (Å²) < 4.78 is 60.1. The fraction of sp³-hybridized carbons (Fsp3) is 0.357. The van der Waals surface area contributed by atoms with Crippen molar-refractivity contribution in [3.63, 3.8) is 0 Å². The molecule has 0 amide bonds. The van der Waals surface area contributed by atoms with Gasteiger partial charge in [-0.1, -0.05) is 23.7 Å². The zero-order chi connectivity index (χ0) is 30.0. The third-order valence-electron chi connectivity index (χ3n) is 6.60. The Kier molecular flexibility index (Phi) is 9.00. The van der Waals surface area contributed by atoms with Gasteiger partial charge in [-0.15, -0.1) is 33.3 Å². The molecule has 0 fully saturated rings.